The van der Waals surface area contributed by atoms with Crippen LogP contribution < -0.4 is 4.72 Å². The normalized spacial score (nSPS) is 11.7. The molecule has 0 amide bonds. The maximum atomic E-state index is 13.6. The number of halogens is 2. The lowest BCUT2D eigenvalue weighted by Crippen LogP contribution is -2.24. The number of hydrogen-bond acceptors (Lipinski definition) is 4. The van der Waals surface area contributed by atoms with Crippen LogP contribution >= 0.6 is 27.3 Å². The minimum atomic E-state index is -3.88. The molecule has 2 aromatic rings. The molecule has 0 aliphatic heterocycles. The molecule has 0 aliphatic carbocycles. The van der Waals surface area contributed by atoms with E-state index in [1.165, 1.54) is 23.5 Å². The van der Waals surface area contributed by atoms with Crippen molar-refractivity contribution in [2.45, 2.75) is 18.4 Å². The van der Waals surface area contributed by atoms with E-state index >= 15 is 0 Å². The molecule has 1 aromatic carbocycles. The van der Waals surface area contributed by atoms with E-state index in [9.17, 15) is 12.8 Å². The van der Waals surface area contributed by atoms with Crippen molar-refractivity contribution in [2.24, 2.45) is 0 Å². The van der Waals surface area contributed by atoms with Crippen molar-refractivity contribution in [3.63, 3.8) is 0 Å². The van der Waals surface area contributed by atoms with Crippen LogP contribution in [0.4, 0.5) is 4.39 Å². The van der Waals surface area contributed by atoms with E-state index in [4.69, 9.17) is 0 Å². The number of benzene rings is 1. The summed E-state index contributed by atoms with van der Waals surface area (Å²) in [5, 5.41) is 0.638. The summed E-state index contributed by atoms with van der Waals surface area (Å²) in [7, 11) is -3.88. The zero-order chi connectivity index (χ0) is 14.0. The Labute approximate surface area is 122 Å². The van der Waals surface area contributed by atoms with Gasteiger partial charge >= 0.3 is 0 Å². The van der Waals surface area contributed by atoms with Crippen molar-refractivity contribution >= 4 is 37.3 Å². The second-order valence-corrected chi connectivity index (χ2v) is 7.73. The number of aryl methyl sites for hydroxylation is 1. The van der Waals surface area contributed by atoms with Gasteiger partial charge in [0.2, 0.25) is 10.0 Å². The fourth-order valence-corrected chi connectivity index (χ4v) is 3.61. The summed E-state index contributed by atoms with van der Waals surface area (Å²) in [4.78, 5) is 4.66. The second-order valence-electron chi connectivity index (χ2n) is 3.76. The lowest BCUT2D eigenvalue weighted by atomic mass is 10.3. The van der Waals surface area contributed by atoms with Crippen molar-refractivity contribution < 1.29 is 12.8 Å². The molecule has 1 aromatic heterocycles. The van der Waals surface area contributed by atoms with Crippen molar-refractivity contribution in [1.82, 2.24) is 9.71 Å². The first-order valence-electron chi connectivity index (χ1n) is 5.24. The number of nitrogens with one attached hydrogen (secondary N) is 1. The standard InChI is InChI=1S/C11H10BrFN2O2S2/c1-7-5-14-11(18-7)6-15-19(16,17)10-3-2-8(12)4-9(10)13/h2-5,15H,6H2,1H3. The van der Waals surface area contributed by atoms with Gasteiger partial charge in [-0.2, -0.15) is 0 Å². The lowest BCUT2D eigenvalue weighted by molar-refractivity contribution is 0.556. The van der Waals surface area contributed by atoms with E-state index in [2.05, 4.69) is 25.6 Å². The Morgan fingerprint density at radius 2 is 2.21 bits per heavy atom. The summed E-state index contributed by atoms with van der Waals surface area (Å²) in [6, 6.07) is 3.81. The van der Waals surface area contributed by atoms with Crippen molar-refractivity contribution in [3.8, 4) is 0 Å². The number of hydrogen-bond donors (Lipinski definition) is 1. The Bertz CT molecular complexity index is 700. The summed E-state index contributed by atoms with van der Waals surface area (Å²) in [5.41, 5.74) is 0. The number of sulfonamides is 1. The van der Waals surface area contributed by atoms with Gasteiger partial charge in [0.1, 0.15) is 15.7 Å². The molecule has 102 valence electrons. The van der Waals surface area contributed by atoms with Crippen LogP contribution in [0.3, 0.4) is 0 Å². The Morgan fingerprint density at radius 1 is 1.47 bits per heavy atom. The summed E-state index contributed by atoms with van der Waals surface area (Å²) in [6.45, 7) is 1.93. The topological polar surface area (TPSA) is 59.1 Å². The van der Waals surface area contributed by atoms with Gasteiger partial charge in [0.15, 0.2) is 0 Å². The molecule has 0 saturated heterocycles. The van der Waals surface area contributed by atoms with Gasteiger partial charge in [-0.3, -0.25) is 0 Å². The Balaban J connectivity index is 2.18. The molecule has 0 saturated carbocycles. The van der Waals surface area contributed by atoms with Crippen molar-refractivity contribution in [2.75, 3.05) is 0 Å². The van der Waals surface area contributed by atoms with Crippen molar-refractivity contribution in [3.05, 3.63) is 44.6 Å². The highest BCUT2D eigenvalue weighted by molar-refractivity contribution is 9.10. The minimum Gasteiger partial charge on any atom is -0.248 e. The van der Waals surface area contributed by atoms with Gasteiger partial charge < -0.3 is 0 Å². The molecular weight excluding hydrogens is 355 g/mol. The molecule has 0 unspecified atom stereocenters. The van der Waals surface area contributed by atoms with Gasteiger partial charge in [-0.15, -0.1) is 11.3 Å². The zero-order valence-electron chi connectivity index (χ0n) is 9.85. The van der Waals surface area contributed by atoms with Gasteiger partial charge in [0.05, 0.1) is 6.54 Å². The highest BCUT2D eigenvalue weighted by Gasteiger charge is 2.19. The predicted molar refractivity (Wildman–Crippen MR) is 75.0 cm³/mol. The average molecular weight is 365 g/mol. The molecule has 0 atom stereocenters. The van der Waals surface area contributed by atoms with E-state index < -0.39 is 15.8 Å². The maximum absolute atomic E-state index is 13.6. The molecule has 0 fully saturated rings. The Morgan fingerprint density at radius 3 is 2.79 bits per heavy atom. The van der Waals surface area contributed by atoms with Crippen LogP contribution in [0.1, 0.15) is 9.88 Å². The van der Waals surface area contributed by atoms with Crippen LogP contribution in [0.2, 0.25) is 0 Å². The molecular formula is C11H10BrFN2O2S2. The van der Waals surface area contributed by atoms with Gasteiger partial charge in [-0.05, 0) is 25.1 Å². The molecule has 19 heavy (non-hydrogen) atoms. The summed E-state index contributed by atoms with van der Waals surface area (Å²) in [5.74, 6) is -0.794. The van der Waals surface area contributed by atoms with Crippen LogP contribution in [0, 0.1) is 12.7 Å². The molecule has 1 N–H and O–H groups in total. The first-order chi connectivity index (χ1) is 8.88. The minimum absolute atomic E-state index is 0.0519. The number of nitrogens with zero attached hydrogens (tertiary/aromatic N) is 1. The predicted octanol–water partition coefficient (Wildman–Crippen LogP) is 2.83. The molecule has 4 nitrogen and oxygen atoms in total. The highest BCUT2D eigenvalue weighted by atomic mass is 79.9. The Kier molecular flexibility index (Phi) is 4.34. The quantitative estimate of drug-likeness (QED) is 0.907. The van der Waals surface area contributed by atoms with Crippen LogP contribution in [-0.4, -0.2) is 13.4 Å². The number of aromatic nitrogens is 1. The Hall–Kier alpha value is -0.830. The van der Waals surface area contributed by atoms with Crippen LogP contribution in [0.25, 0.3) is 0 Å². The summed E-state index contributed by atoms with van der Waals surface area (Å²) >= 11 is 4.47. The zero-order valence-corrected chi connectivity index (χ0v) is 13.1. The summed E-state index contributed by atoms with van der Waals surface area (Å²) < 4.78 is 40.3. The van der Waals surface area contributed by atoms with Gasteiger partial charge in [0.25, 0.3) is 0 Å². The fraction of sp³-hybridized carbons (Fsp3) is 0.182. The molecule has 1 heterocycles. The first-order valence-corrected chi connectivity index (χ1v) is 8.34. The third-order valence-electron chi connectivity index (χ3n) is 2.27. The highest BCUT2D eigenvalue weighted by Crippen LogP contribution is 2.20. The monoisotopic (exact) mass is 364 g/mol. The largest absolute Gasteiger partial charge is 0.248 e. The number of thiazole rings is 1. The van der Waals surface area contributed by atoms with E-state index in [0.29, 0.717) is 9.48 Å². The molecule has 2 rings (SSSR count). The lowest BCUT2D eigenvalue weighted by Gasteiger charge is -2.06. The van der Waals surface area contributed by atoms with Gasteiger partial charge in [-0.1, -0.05) is 15.9 Å². The average Bonchev–Trinajstić information content (AvgIpc) is 2.72. The second kappa shape index (κ2) is 5.66. The molecule has 0 radical (unpaired) electrons. The number of rotatable bonds is 4. The van der Waals surface area contributed by atoms with E-state index in [-0.39, 0.29) is 11.4 Å². The third-order valence-corrected chi connectivity index (χ3v) is 5.11. The fourth-order valence-electron chi connectivity index (χ4n) is 1.41. The molecule has 0 aliphatic rings. The van der Waals surface area contributed by atoms with Crippen LogP contribution in [0.15, 0.2) is 33.8 Å². The van der Waals surface area contributed by atoms with Crippen LogP contribution in [-0.2, 0) is 16.6 Å². The van der Waals surface area contributed by atoms with E-state index in [1.54, 1.807) is 6.20 Å². The van der Waals surface area contributed by atoms with Gasteiger partial charge in [-0.25, -0.2) is 22.5 Å². The van der Waals surface area contributed by atoms with Gasteiger partial charge in [0, 0.05) is 15.5 Å². The smallest absolute Gasteiger partial charge is 0.243 e. The molecule has 0 spiro atoms. The molecule has 0 bridgehead atoms. The van der Waals surface area contributed by atoms with Crippen LogP contribution in [0.5, 0.6) is 0 Å². The maximum Gasteiger partial charge on any atom is 0.243 e. The first kappa shape index (κ1) is 14.6. The van der Waals surface area contributed by atoms with E-state index in [1.807, 2.05) is 6.92 Å². The van der Waals surface area contributed by atoms with E-state index in [0.717, 1.165) is 10.9 Å². The summed E-state index contributed by atoms with van der Waals surface area (Å²) in [6.07, 6.45) is 1.66. The third kappa shape index (κ3) is 3.59. The SMILES string of the molecule is Cc1cnc(CNS(=O)(=O)c2ccc(Br)cc2F)s1. The molecule has 8 heteroatoms. The van der Waals surface area contributed by atoms with Crippen molar-refractivity contribution in [1.29, 1.82) is 0 Å².